The van der Waals surface area contributed by atoms with Crippen LogP contribution in [0.3, 0.4) is 0 Å². The van der Waals surface area contributed by atoms with E-state index in [2.05, 4.69) is 50.0 Å². The van der Waals surface area contributed by atoms with Crippen molar-refractivity contribution in [3.63, 3.8) is 0 Å². The molecule has 1 aliphatic carbocycles. The Morgan fingerprint density at radius 1 is 1.26 bits per heavy atom. The van der Waals surface area contributed by atoms with Gasteiger partial charge in [0.15, 0.2) is 0 Å². The van der Waals surface area contributed by atoms with Crippen LogP contribution in [0.2, 0.25) is 0 Å². The first kappa shape index (κ1) is 15.0. The highest BCUT2D eigenvalue weighted by Gasteiger charge is 2.23. The van der Waals surface area contributed by atoms with E-state index in [-0.39, 0.29) is 5.54 Å². The van der Waals surface area contributed by atoms with Gasteiger partial charge >= 0.3 is 0 Å². The zero-order chi connectivity index (χ0) is 13.9. The predicted molar refractivity (Wildman–Crippen MR) is 84.6 cm³/mol. The molecule has 0 amide bonds. The van der Waals surface area contributed by atoms with Gasteiger partial charge in [-0.1, -0.05) is 6.92 Å². The van der Waals surface area contributed by atoms with E-state index >= 15 is 0 Å². The quantitative estimate of drug-likeness (QED) is 0.815. The lowest BCUT2D eigenvalue weighted by Crippen LogP contribution is -2.34. The number of thiophene rings is 1. The molecule has 0 unspecified atom stereocenters. The summed E-state index contributed by atoms with van der Waals surface area (Å²) in [6.07, 6.45) is 2.89. The van der Waals surface area contributed by atoms with Gasteiger partial charge in [0.2, 0.25) is 0 Å². The average molecular weight is 280 g/mol. The maximum Gasteiger partial charge on any atom is 0.0328 e. The molecule has 0 aromatic carbocycles. The predicted octanol–water partition coefficient (Wildman–Crippen LogP) is 3.87. The Morgan fingerprint density at radius 2 is 1.95 bits per heavy atom. The minimum atomic E-state index is 0.200. The monoisotopic (exact) mass is 280 g/mol. The van der Waals surface area contributed by atoms with Gasteiger partial charge in [0.1, 0.15) is 0 Å². The van der Waals surface area contributed by atoms with Crippen molar-refractivity contribution in [2.45, 2.75) is 59.2 Å². The number of nitrogens with one attached hydrogen (secondary N) is 1. The van der Waals surface area contributed by atoms with Gasteiger partial charge in [0, 0.05) is 34.9 Å². The molecule has 0 aliphatic heterocycles. The van der Waals surface area contributed by atoms with Crippen LogP contribution in [-0.4, -0.2) is 23.5 Å². The van der Waals surface area contributed by atoms with Crippen LogP contribution in [0.25, 0.3) is 0 Å². The summed E-state index contributed by atoms with van der Waals surface area (Å²) in [6, 6.07) is 4.59. The van der Waals surface area contributed by atoms with Crippen molar-refractivity contribution in [2.75, 3.05) is 13.1 Å². The van der Waals surface area contributed by atoms with Crippen molar-refractivity contribution in [2.24, 2.45) is 5.92 Å². The van der Waals surface area contributed by atoms with Crippen LogP contribution < -0.4 is 5.32 Å². The van der Waals surface area contributed by atoms with E-state index in [9.17, 15) is 0 Å². The van der Waals surface area contributed by atoms with Gasteiger partial charge in [0.25, 0.3) is 0 Å². The second-order valence-corrected chi connectivity index (χ2v) is 8.00. The summed E-state index contributed by atoms with van der Waals surface area (Å²) in [5.41, 5.74) is 0.200. The van der Waals surface area contributed by atoms with Crippen LogP contribution in [-0.2, 0) is 13.1 Å². The van der Waals surface area contributed by atoms with Crippen LogP contribution in [0, 0.1) is 5.92 Å². The summed E-state index contributed by atoms with van der Waals surface area (Å²) in [7, 11) is 0. The Bertz CT molecular complexity index is 388. The molecule has 1 aromatic heterocycles. The first-order chi connectivity index (χ1) is 8.96. The average Bonchev–Trinajstić information content (AvgIpc) is 3.03. The normalized spacial score (nSPS) is 16.3. The maximum atomic E-state index is 3.56. The molecule has 0 radical (unpaired) electrons. The van der Waals surface area contributed by atoms with Crippen molar-refractivity contribution in [3.05, 3.63) is 21.9 Å². The molecule has 1 N–H and O–H groups in total. The molecule has 1 aliphatic rings. The topological polar surface area (TPSA) is 15.3 Å². The van der Waals surface area contributed by atoms with E-state index in [0.29, 0.717) is 0 Å². The fourth-order valence-electron chi connectivity index (χ4n) is 2.15. The molecule has 1 aromatic rings. The van der Waals surface area contributed by atoms with Gasteiger partial charge in [-0.3, -0.25) is 4.90 Å². The molecule has 19 heavy (non-hydrogen) atoms. The van der Waals surface area contributed by atoms with Crippen LogP contribution in [0.4, 0.5) is 0 Å². The van der Waals surface area contributed by atoms with E-state index in [1.165, 1.54) is 35.7 Å². The molecule has 2 rings (SSSR count). The minimum Gasteiger partial charge on any atom is -0.307 e. The van der Waals surface area contributed by atoms with E-state index in [4.69, 9.17) is 0 Å². The molecular formula is C16H28N2S. The Balaban J connectivity index is 1.81. The third-order valence-electron chi connectivity index (χ3n) is 3.55. The first-order valence-corrected chi connectivity index (χ1v) is 8.33. The molecule has 0 saturated heterocycles. The van der Waals surface area contributed by atoms with E-state index in [1.807, 2.05) is 11.3 Å². The highest BCUT2D eigenvalue weighted by molar-refractivity contribution is 7.11. The third-order valence-corrected chi connectivity index (χ3v) is 4.62. The highest BCUT2D eigenvalue weighted by Crippen LogP contribution is 2.30. The Kier molecular flexibility index (Phi) is 5.04. The molecule has 0 atom stereocenters. The summed E-state index contributed by atoms with van der Waals surface area (Å²) < 4.78 is 0. The van der Waals surface area contributed by atoms with E-state index < -0.39 is 0 Å². The van der Waals surface area contributed by atoms with E-state index in [0.717, 1.165) is 19.0 Å². The standard InChI is InChI=1S/C16H28N2S/c1-5-18(11-13-6-7-13)12-15-9-8-14(19-15)10-17-16(2,3)4/h8-9,13,17H,5-7,10-12H2,1-4H3. The number of hydrogen-bond donors (Lipinski definition) is 1. The molecule has 108 valence electrons. The molecule has 0 spiro atoms. The maximum absolute atomic E-state index is 3.56. The summed E-state index contributed by atoms with van der Waals surface area (Å²) in [5, 5.41) is 3.56. The van der Waals surface area contributed by atoms with Gasteiger partial charge in [-0.05, 0) is 58.2 Å². The zero-order valence-electron chi connectivity index (χ0n) is 12.8. The van der Waals surface area contributed by atoms with Crippen molar-refractivity contribution >= 4 is 11.3 Å². The Morgan fingerprint density at radius 3 is 2.53 bits per heavy atom. The molecule has 1 fully saturated rings. The van der Waals surface area contributed by atoms with Crippen LogP contribution >= 0.6 is 11.3 Å². The zero-order valence-corrected chi connectivity index (χ0v) is 13.6. The second-order valence-electron chi connectivity index (χ2n) is 6.74. The Hall–Kier alpha value is -0.380. The van der Waals surface area contributed by atoms with Gasteiger partial charge in [-0.25, -0.2) is 0 Å². The summed E-state index contributed by atoms with van der Waals surface area (Å²) >= 11 is 1.96. The summed E-state index contributed by atoms with van der Waals surface area (Å²) in [6.45, 7) is 13.5. The number of rotatable bonds is 7. The second kappa shape index (κ2) is 6.38. The molecule has 2 nitrogen and oxygen atoms in total. The van der Waals surface area contributed by atoms with Crippen molar-refractivity contribution in [1.82, 2.24) is 10.2 Å². The molecule has 1 saturated carbocycles. The fraction of sp³-hybridized carbons (Fsp3) is 0.750. The summed E-state index contributed by atoms with van der Waals surface area (Å²) in [5.74, 6) is 0.988. The van der Waals surface area contributed by atoms with Gasteiger partial charge in [-0.15, -0.1) is 11.3 Å². The van der Waals surface area contributed by atoms with Crippen LogP contribution in [0.5, 0.6) is 0 Å². The van der Waals surface area contributed by atoms with Crippen molar-refractivity contribution in [3.8, 4) is 0 Å². The SMILES string of the molecule is CCN(Cc1ccc(CNC(C)(C)C)s1)CC1CC1. The van der Waals surface area contributed by atoms with Gasteiger partial charge in [-0.2, -0.15) is 0 Å². The summed E-state index contributed by atoms with van der Waals surface area (Å²) in [4.78, 5) is 5.55. The third kappa shape index (κ3) is 5.64. The van der Waals surface area contributed by atoms with Crippen LogP contribution in [0.1, 0.15) is 50.3 Å². The molecular weight excluding hydrogens is 252 g/mol. The molecule has 3 heteroatoms. The Labute approximate surface area is 122 Å². The lowest BCUT2D eigenvalue weighted by molar-refractivity contribution is 0.271. The lowest BCUT2D eigenvalue weighted by Gasteiger charge is -2.20. The van der Waals surface area contributed by atoms with Crippen LogP contribution in [0.15, 0.2) is 12.1 Å². The van der Waals surface area contributed by atoms with Gasteiger partial charge in [0.05, 0.1) is 0 Å². The minimum absolute atomic E-state index is 0.200. The largest absolute Gasteiger partial charge is 0.307 e. The first-order valence-electron chi connectivity index (χ1n) is 7.51. The number of nitrogens with zero attached hydrogens (tertiary/aromatic N) is 1. The van der Waals surface area contributed by atoms with Gasteiger partial charge < -0.3 is 5.32 Å². The molecule has 0 bridgehead atoms. The van der Waals surface area contributed by atoms with Crippen molar-refractivity contribution in [1.29, 1.82) is 0 Å². The van der Waals surface area contributed by atoms with Crippen molar-refractivity contribution < 1.29 is 0 Å². The lowest BCUT2D eigenvalue weighted by atomic mass is 10.1. The smallest absolute Gasteiger partial charge is 0.0328 e. The molecule has 1 heterocycles. The van der Waals surface area contributed by atoms with E-state index in [1.54, 1.807) is 0 Å². The number of hydrogen-bond acceptors (Lipinski definition) is 3. The fourth-order valence-corrected chi connectivity index (χ4v) is 3.15. The highest BCUT2D eigenvalue weighted by atomic mass is 32.1.